The van der Waals surface area contributed by atoms with Crippen LogP contribution in [0.1, 0.15) is 23.2 Å². The molecule has 172 valence electrons. The van der Waals surface area contributed by atoms with Gasteiger partial charge in [-0.15, -0.1) is 0 Å². The monoisotopic (exact) mass is 457 g/mol. The van der Waals surface area contributed by atoms with Crippen LogP contribution in [0.2, 0.25) is 0 Å². The van der Waals surface area contributed by atoms with Crippen LogP contribution < -0.4 is 19.7 Å². The summed E-state index contributed by atoms with van der Waals surface area (Å²) in [5, 5.41) is 2.43. The normalized spacial score (nSPS) is 19.3. The number of barbiturate groups is 1. The lowest BCUT2D eigenvalue weighted by molar-refractivity contribution is -0.143. The van der Waals surface area contributed by atoms with E-state index in [2.05, 4.69) is 10.3 Å². The zero-order valence-electron chi connectivity index (χ0n) is 18.6. The van der Waals surface area contributed by atoms with E-state index < -0.39 is 23.3 Å². The van der Waals surface area contributed by atoms with Crippen LogP contribution >= 0.6 is 0 Å². The minimum atomic E-state index is -1.51. The summed E-state index contributed by atoms with van der Waals surface area (Å²) in [5.41, 5.74) is 1.29. The molecule has 0 saturated carbocycles. The molecule has 34 heavy (non-hydrogen) atoms. The van der Waals surface area contributed by atoms with E-state index in [1.54, 1.807) is 36.5 Å². The highest BCUT2D eigenvalue weighted by molar-refractivity contribution is 6.30. The van der Waals surface area contributed by atoms with Gasteiger partial charge in [-0.05, 0) is 73.7 Å². The lowest BCUT2D eigenvalue weighted by atomic mass is 9.74. The predicted octanol–water partition coefficient (Wildman–Crippen LogP) is 3.56. The fourth-order valence-electron chi connectivity index (χ4n) is 4.43. The number of carbonyl (C=O) groups is 3. The third-order valence-corrected chi connectivity index (χ3v) is 6.21. The van der Waals surface area contributed by atoms with Crippen molar-refractivity contribution >= 4 is 23.5 Å². The molecule has 3 heterocycles. The Morgan fingerprint density at radius 2 is 1.85 bits per heavy atom. The first-order valence-electron chi connectivity index (χ1n) is 11.0. The van der Waals surface area contributed by atoms with Crippen molar-refractivity contribution in [3.05, 3.63) is 83.7 Å². The SMILES string of the molecule is Cc1cccc(N2C(=O)NC(=O)[C@](CCc3ccccn3)(Cc3ccc4c(c3)OCO4)C2=O)c1. The Hall–Kier alpha value is -4.20. The fourth-order valence-corrected chi connectivity index (χ4v) is 4.43. The number of benzene rings is 2. The molecule has 4 amide bonds. The minimum Gasteiger partial charge on any atom is -0.454 e. The number of anilines is 1. The first-order chi connectivity index (χ1) is 16.5. The van der Waals surface area contributed by atoms with Gasteiger partial charge in [-0.2, -0.15) is 0 Å². The lowest BCUT2D eigenvalue weighted by Crippen LogP contribution is -2.65. The molecular weight excluding hydrogens is 434 g/mol. The number of aromatic nitrogens is 1. The van der Waals surface area contributed by atoms with Gasteiger partial charge in [-0.3, -0.25) is 19.9 Å². The molecule has 5 rings (SSSR count). The van der Waals surface area contributed by atoms with Crippen molar-refractivity contribution in [1.29, 1.82) is 0 Å². The Morgan fingerprint density at radius 1 is 1.00 bits per heavy atom. The van der Waals surface area contributed by atoms with E-state index >= 15 is 0 Å². The summed E-state index contributed by atoms with van der Waals surface area (Å²) in [5.74, 6) is 0.00961. The molecule has 8 nitrogen and oxygen atoms in total. The van der Waals surface area contributed by atoms with Crippen molar-refractivity contribution in [2.45, 2.75) is 26.2 Å². The number of hydrogen-bond donors (Lipinski definition) is 1. The molecule has 1 N–H and O–H groups in total. The smallest absolute Gasteiger partial charge is 0.335 e. The van der Waals surface area contributed by atoms with Gasteiger partial charge < -0.3 is 9.47 Å². The van der Waals surface area contributed by atoms with E-state index in [1.807, 2.05) is 37.3 Å². The van der Waals surface area contributed by atoms with Crippen LogP contribution in [0.3, 0.4) is 0 Å². The van der Waals surface area contributed by atoms with Crippen molar-refractivity contribution in [3.8, 4) is 11.5 Å². The Morgan fingerprint density at radius 3 is 2.65 bits per heavy atom. The van der Waals surface area contributed by atoms with Crippen LogP contribution in [0.5, 0.6) is 11.5 Å². The zero-order valence-corrected chi connectivity index (χ0v) is 18.6. The second kappa shape index (κ2) is 8.62. The number of imide groups is 2. The number of fused-ring (bicyclic) bond motifs is 1. The second-order valence-corrected chi connectivity index (χ2v) is 8.51. The molecule has 0 bridgehead atoms. The highest BCUT2D eigenvalue weighted by atomic mass is 16.7. The molecule has 1 saturated heterocycles. The van der Waals surface area contributed by atoms with Gasteiger partial charge in [0.05, 0.1) is 5.69 Å². The lowest BCUT2D eigenvalue weighted by Gasteiger charge is -2.39. The summed E-state index contributed by atoms with van der Waals surface area (Å²) in [6.07, 6.45) is 2.33. The molecule has 2 aliphatic heterocycles. The van der Waals surface area contributed by atoms with Gasteiger partial charge in [-0.1, -0.05) is 24.3 Å². The molecule has 0 radical (unpaired) electrons. The number of carbonyl (C=O) groups excluding carboxylic acids is 3. The van der Waals surface area contributed by atoms with Gasteiger partial charge in [0.25, 0.3) is 5.91 Å². The molecule has 8 heteroatoms. The molecule has 1 fully saturated rings. The summed E-state index contributed by atoms with van der Waals surface area (Å²) in [6, 6.07) is 17.2. The third kappa shape index (κ3) is 3.87. The van der Waals surface area contributed by atoms with E-state index in [9.17, 15) is 14.4 Å². The maximum absolute atomic E-state index is 14.0. The summed E-state index contributed by atoms with van der Waals surface area (Å²) >= 11 is 0. The fraction of sp³-hybridized carbons (Fsp3) is 0.231. The highest BCUT2D eigenvalue weighted by Gasteiger charge is 2.54. The maximum Gasteiger partial charge on any atom is 0.335 e. The minimum absolute atomic E-state index is 0.0940. The molecular formula is C26H23N3O5. The number of aryl methyl sites for hydroxylation is 2. The number of pyridine rings is 1. The van der Waals surface area contributed by atoms with Crippen LogP contribution in [-0.4, -0.2) is 29.6 Å². The van der Waals surface area contributed by atoms with Gasteiger partial charge in [0.15, 0.2) is 11.5 Å². The number of ether oxygens (including phenoxy) is 2. The van der Waals surface area contributed by atoms with Gasteiger partial charge in [0.1, 0.15) is 5.41 Å². The topological polar surface area (TPSA) is 97.8 Å². The Balaban J connectivity index is 1.55. The van der Waals surface area contributed by atoms with Crippen LogP contribution in [0.15, 0.2) is 66.9 Å². The van der Waals surface area contributed by atoms with Gasteiger partial charge in [-0.25, -0.2) is 9.69 Å². The first kappa shape index (κ1) is 21.6. The van der Waals surface area contributed by atoms with Crippen molar-refractivity contribution in [1.82, 2.24) is 10.3 Å². The van der Waals surface area contributed by atoms with E-state index in [4.69, 9.17) is 9.47 Å². The molecule has 2 aliphatic rings. The van der Waals surface area contributed by atoms with Gasteiger partial charge in [0, 0.05) is 11.9 Å². The molecule has 0 unspecified atom stereocenters. The molecule has 3 aromatic rings. The van der Waals surface area contributed by atoms with Crippen LogP contribution in [0.4, 0.5) is 10.5 Å². The first-order valence-corrected chi connectivity index (χ1v) is 11.0. The van der Waals surface area contributed by atoms with Crippen LogP contribution in [-0.2, 0) is 22.4 Å². The second-order valence-electron chi connectivity index (χ2n) is 8.51. The molecule has 2 aromatic carbocycles. The number of rotatable bonds is 6. The molecule has 1 aromatic heterocycles. The summed E-state index contributed by atoms with van der Waals surface area (Å²) in [4.78, 5) is 45.6. The number of nitrogens with zero attached hydrogens (tertiary/aromatic N) is 2. The molecule has 1 atom stereocenters. The van der Waals surface area contributed by atoms with Gasteiger partial charge >= 0.3 is 6.03 Å². The number of hydrogen-bond acceptors (Lipinski definition) is 6. The van der Waals surface area contributed by atoms with Gasteiger partial charge in [0.2, 0.25) is 12.7 Å². The Labute approximate surface area is 196 Å². The summed E-state index contributed by atoms with van der Waals surface area (Å²) in [7, 11) is 0. The average molecular weight is 457 g/mol. The Kier molecular flexibility index (Phi) is 5.49. The zero-order chi connectivity index (χ0) is 23.7. The summed E-state index contributed by atoms with van der Waals surface area (Å²) < 4.78 is 10.9. The van der Waals surface area contributed by atoms with E-state index in [1.165, 1.54) is 0 Å². The molecule has 0 spiro atoms. The third-order valence-electron chi connectivity index (χ3n) is 6.21. The molecule has 0 aliphatic carbocycles. The van der Waals surface area contributed by atoms with E-state index in [-0.39, 0.29) is 19.6 Å². The quantitative estimate of drug-likeness (QED) is 0.569. The number of urea groups is 1. The van der Waals surface area contributed by atoms with Crippen molar-refractivity contribution in [3.63, 3.8) is 0 Å². The predicted molar refractivity (Wildman–Crippen MR) is 123 cm³/mol. The average Bonchev–Trinajstić information content (AvgIpc) is 3.30. The largest absolute Gasteiger partial charge is 0.454 e. The number of amides is 4. The Bertz CT molecular complexity index is 1280. The van der Waals surface area contributed by atoms with Crippen molar-refractivity contribution in [2.75, 3.05) is 11.7 Å². The standard InChI is InChI=1S/C26H23N3O5/c1-17-5-4-7-20(13-17)29-24(31)26(23(30)28-25(29)32,11-10-19-6-2-3-12-27-19)15-18-8-9-21-22(14-18)34-16-33-21/h2-9,12-14H,10-11,15-16H2,1H3,(H,28,30,32)/t26-/m0/s1. The van der Waals surface area contributed by atoms with E-state index in [0.29, 0.717) is 23.6 Å². The van der Waals surface area contributed by atoms with E-state index in [0.717, 1.165) is 21.7 Å². The maximum atomic E-state index is 14.0. The van der Waals surface area contributed by atoms with Crippen LogP contribution in [0.25, 0.3) is 0 Å². The summed E-state index contributed by atoms with van der Waals surface area (Å²) in [6.45, 7) is 2.00. The highest BCUT2D eigenvalue weighted by Crippen LogP contribution is 2.39. The van der Waals surface area contributed by atoms with Crippen LogP contribution in [0, 0.1) is 12.3 Å². The van der Waals surface area contributed by atoms with Crippen molar-refractivity contribution < 1.29 is 23.9 Å². The van der Waals surface area contributed by atoms with Crippen molar-refractivity contribution in [2.24, 2.45) is 5.41 Å². The number of nitrogens with one attached hydrogen (secondary N) is 1.